The quantitative estimate of drug-likeness (QED) is 0.839. The van der Waals surface area contributed by atoms with Crippen LogP contribution in [-0.2, 0) is 13.0 Å². The molecular formula is C15H20N4O2. The van der Waals surface area contributed by atoms with Crippen molar-refractivity contribution in [3.05, 3.63) is 47.3 Å². The summed E-state index contributed by atoms with van der Waals surface area (Å²) in [4.78, 5) is 1.98. The summed E-state index contributed by atoms with van der Waals surface area (Å²) in [5, 5.41) is 27.7. The third kappa shape index (κ3) is 2.83. The number of fused-ring (bicyclic) bond motifs is 1. The summed E-state index contributed by atoms with van der Waals surface area (Å²) in [6, 6.07) is 7.86. The molecule has 2 N–H and O–H groups in total. The first-order valence-corrected chi connectivity index (χ1v) is 7.15. The van der Waals surface area contributed by atoms with E-state index in [1.807, 2.05) is 42.4 Å². The maximum atomic E-state index is 10.4. The van der Waals surface area contributed by atoms with E-state index in [2.05, 4.69) is 10.3 Å². The largest absolute Gasteiger partial charge is 0.395 e. The Morgan fingerprint density at radius 3 is 2.95 bits per heavy atom. The normalized spacial score (nSPS) is 21.0. The molecule has 1 aliphatic rings. The van der Waals surface area contributed by atoms with Gasteiger partial charge >= 0.3 is 0 Å². The molecule has 0 bridgehead atoms. The van der Waals surface area contributed by atoms with E-state index in [0.29, 0.717) is 13.1 Å². The van der Waals surface area contributed by atoms with E-state index >= 15 is 0 Å². The Morgan fingerprint density at radius 2 is 2.19 bits per heavy atom. The summed E-state index contributed by atoms with van der Waals surface area (Å²) in [5.74, 6) is 0. The predicted octanol–water partition coefficient (Wildman–Crippen LogP) is 0.533. The molecule has 0 radical (unpaired) electrons. The Kier molecular flexibility index (Phi) is 4.01. The molecule has 0 spiro atoms. The van der Waals surface area contributed by atoms with Gasteiger partial charge in [-0.15, -0.1) is 5.10 Å². The molecule has 3 rings (SSSR count). The van der Waals surface area contributed by atoms with Gasteiger partial charge < -0.3 is 10.2 Å². The molecule has 1 aromatic heterocycles. The minimum absolute atomic E-state index is 0.0909. The fourth-order valence-electron chi connectivity index (χ4n) is 2.87. The van der Waals surface area contributed by atoms with Gasteiger partial charge in [-0.3, -0.25) is 4.90 Å². The van der Waals surface area contributed by atoms with Gasteiger partial charge in [0.15, 0.2) is 0 Å². The lowest BCUT2D eigenvalue weighted by atomic mass is 10.1. The molecule has 112 valence electrons. The van der Waals surface area contributed by atoms with Crippen LogP contribution in [0, 0.1) is 0 Å². The van der Waals surface area contributed by atoms with E-state index in [4.69, 9.17) is 5.11 Å². The number of hydrogen-bond donors (Lipinski definition) is 2. The zero-order chi connectivity index (χ0) is 14.8. The van der Waals surface area contributed by atoms with E-state index in [0.717, 1.165) is 17.7 Å². The first-order chi connectivity index (χ1) is 10.2. The minimum atomic E-state index is -0.536. The van der Waals surface area contributed by atoms with Gasteiger partial charge in [0.05, 0.1) is 24.5 Å². The van der Waals surface area contributed by atoms with Gasteiger partial charge in [-0.1, -0.05) is 29.5 Å². The molecule has 0 aliphatic heterocycles. The second kappa shape index (κ2) is 5.93. The molecule has 21 heavy (non-hydrogen) atoms. The van der Waals surface area contributed by atoms with Gasteiger partial charge in [0, 0.05) is 13.1 Å². The van der Waals surface area contributed by atoms with E-state index in [1.165, 1.54) is 5.56 Å². The number of benzene rings is 1. The van der Waals surface area contributed by atoms with Crippen LogP contribution >= 0.6 is 0 Å². The van der Waals surface area contributed by atoms with Gasteiger partial charge in [0.2, 0.25) is 0 Å². The van der Waals surface area contributed by atoms with Crippen molar-refractivity contribution < 1.29 is 10.2 Å². The Balaban J connectivity index is 1.73. The number of hydrogen-bond acceptors (Lipinski definition) is 5. The summed E-state index contributed by atoms with van der Waals surface area (Å²) >= 11 is 0. The van der Waals surface area contributed by atoms with Crippen LogP contribution in [0.1, 0.15) is 29.0 Å². The van der Waals surface area contributed by atoms with Crippen molar-refractivity contribution in [3.8, 4) is 0 Å². The third-order valence-corrected chi connectivity index (χ3v) is 3.98. The molecule has 2 aromatic rings. The number of likely N-dealkylation sites (N-methyl/N-ethyl adjacent to an activating group) is 1. The molecule has 2 unspecified atom stereocenters. The van der Waals surface area contributed by atoms with Crippen LogP contribution < -0.4 is 0 Å². The van der Waals surface area contributed by atoms with Crippen molar-refractivity contribution in [2.75, 3.05) is 20.2 Å². The highest BCUT2D eigenvalue weighted by Crippen LogP contribution is 2.38. The average molecular weight is 288 g/mol. The van der Waals surface area contributed by atoms with E-state index < -0.39 is 6.10 Å². The molecule has 0 fully saturated rings. The number of aliphatic hydroxyl groups is 2. The fraction of sp³-hybridized carbons (Fsp3) is 0.467. The highest BCUT2D eigenvalue weighted by Gasteiger charge is 2.32. The van der Waals surface area contributed by atoms with Gasteiger partial charge in [-0.05, 0) is 24.6 Å². The molecule has 1 aromatic carbocycles. The Labute approximate surface area is 123 Å². The van der Waals surface area contributed by atoms with Crippen LogP contribution in [0.25, 0.3) is 0 Å². The SMILES string of the molecule is CN(CCO)Cc1cn(C2Cc3ccccc3C2O)nn1. The molecule has 6 heteroatoms. The van der Waals surface area contributed by atoms with E-state index in [-0.39, 0.29) is 12.6 Å². The molecule has 0 amide bonds. The Bertz CT molecular complexity index is 613. The van der Waals surface area contributed by atoms with Crippen molar-refractivity contribution in [1.29, 1.82) is 0 Å². The first kappa shape index (κ1) is 14.2. The number of aliphatic hydroxyl groups excluding tert-OH is 2. The van der Waals surface area contributed by atoms with Gasteiger partial charge in [0.25, 0.3) is 0 Å². The van der Waals surface area contributed by atoms with Crippen LogP contribution in [0.2, 0.25) is 0 Å². The van der Waals surface area contributed by atoms with Gasteiger partial charge in [0.1, 0.15) is 6.10 Å². The van der Waals surface area contributed by atoms with Crippen LogP contribution in [0.5, 0.6) is 0 Å². The maximum Gasteiger partial charge on any atom is 0.102 e. The van der Waals surface area contributed by atoms with Crippen LogP contribution in [0.15, 0.2) is 30.5 Å². The third-order valence-electron chi connectivity index (χ3n) is 3.98. The highest BCUT2D eigenvalue weighted by atomic mass is 16.3. The summed E-state index contributed by atoms with van der Waals surface area (Å²) in [6.45, 7) is 1.36. The van der Waals surface area contributed by atoms with Crippen molar-refractivity contribution in [1.82, 2.24) is 19.9 Å². The summed E-state index contributed by atoms with van der Waals surface area (Å²) in [7, 11) is 1.93. The van der Waals surface area contributed by atoms with Crippen molar-refractivity contribution in [2.24, 2.45) is 0 Å². The fourth-order valence-corrected chi connectivity index (χ4v) is 2.87. The van der Waals surface area contributed by atoms with Crippen molar-refractivity contribution in [3.63, 3.8) is 0 Å². The molecule has 6 nitrogen and oxygen atoms in total. The molecule has 2 atom stereocenters. The van der Waals surface area contributed by atoms with Gasteiger partial charge in [-0.2, -0.15) is 0 Å². The molecule has 0 saturated carbocycles. The standard InChI is InChI=1S/C15H20N4O2/c1-18(6-7-20)9-12-10-19(17-16-12)14-8-11-4-2-3-5-13(11)15(14)21/h2-5,10,14-15,20-21H,6-9H2,1H3. The van der Waals surface area contributed by atoms with Crippen LogP contribution in [-0.4, -0.2) is 50.3 Å². The highest BCUT2D eigenvalue weighted by molar-refractivity contribution is 5.35. The maximum absolute atomic E-state index is 10.4. The Hall–Kier alpha value is -1.76. The zero-order valence-electron chi connectivity index (χ0n) is 12.1. The molecule has 0 saturated heterocycles. The van der Waals surface area contributed by atoms with Crippen molar-refractivity contribution in [2.45, 2.75) is 25.1 Å². The van der Waals surface area contributed by atoms with E-state index in [1.54, 1.807) is 4.68 Å². The number of rotatable bonds is 5. The molecule has 1 aliphatic carbocycles. The number of aromatic nitrogens is 3. The van der Waals surface area contributed by atoms with Gasteiger partial charge in [-0.25, -0.2) is 4.68 Å². The van der Waals surface area contributed by atoms with Crippen LogP contribution in [0.3, 0.4) is 0 Å². The predicted molar refractivity (Wildman–Crippen MR) is 77.6 cm³/mol. The topological polar surface area (TPSA) is 74.4 Å². The summed E-state index contributed by atoms with van der Waals surface area (Å²) in [6.07, 6.45) is 2.12. The second-order valence-corrected chi connectivity index (χ2v) is 5.57. The lowest BCUT2D eigenvalue weighted by Gasteiger charge is -2.15. The second-order valence-electron chi connectivity index (χ2n) is 5.57. The molecular weight excluding hydrogens is 268 g/mol. The monoisotopic (exact) mass is 288 g/mol. The lowest BCUT2D eigenvalue weighted by Crippen LogP contribution is -2.21. The molecule has 1 heterocycles. The van der Waals surface area contributed by atoms with Crippen LogP contribution in [0.4, 0.5) is 0 Å². The Morgan fingerprint density at radius 1 is 1.38 bits per heavy atom. The summed E-state index contributed by atoms with van der Waals surface area (Å²) in [5.41, 5.74) is 3.00. The average Bonchev–Trinajstić information content (AvgIpc) is 3.05. The number of nitrogens with zero attached hydrogens (tertiary/aromatic N) is 4. The summed E-state index contributed by atoms with van der Waals surface area (Å²) < 4.78 is 1.76. The zero-order valence-corrected chi connectivity index (χ0v) is 12.1. The smallest absolute Gasteiger partial charge is 0.102 e. The lowest BCUT2D eigenvalue weighted by molar-refractivity contribution is 0.120. The van der Waals surface area contributed by atoms with Crippen molar-refractivity contribution >= 4 is 0 Å². The first-order valence-electron chi connectivity index (χ1n) is 7.15. The van der Waals surface area contributed by atoms with E-state index in [9.17, 15) is 5.11 Å². The minimum Gasteiger partial charge on any atom is -0.395 e.